The summed E-state index contributed by atoms with van der Waals surface area (Å²) in [4.78, 5) is 22.3. The van der Waals surface area contributed by atoms with Gasteiger partial charge in [0.1, 0.15) is 5.82 Å². The van der Waals surface area contributed by atoms with Crippen molar-refractivity contribution < 1.29 is 14.7 Å². The Kier molecular flexibility index (Phi) is 6.50. The van der Waals surface area contributed by atoms with Crippen LogP contribution in [0, 0.1) is 0 Å². The number of carboxylic acid groups (broad SMARTS) is 1. The van der Waals surface area contributed by atoms with E-state index in [0.717, 1.165) is 17.6 Å². The van der Waals surface area contributed by atoms with Gasteiger partial charge < -0.3 is 15.0 Å². The van der Waals surface area contributed by atoms with Crippen LogP contribution in [0.5, 0.6) is 0 Å². The molecule has 1 aromatic heterocycles. The van der Waals surface area contributed by atoms with Gasteiger partial charge in [0.25, 0.3) is 0 Å². The first kappa shape index (κ1) is 16.5. The summed E-state index contributed by atoms with van der Waals surface area (Å²) in [5, 5.41) is 20.1. The van der Waals surface area contributed by atoms with Gasteiger partial charge in [0.05, 0.1) is 5.75 Å². The van der Waals surface area contributed by atoms with Crippen molar-refractivity contribution in [2.24, 2.45) is 0 Å². The van der Waals surface area contributed by atoms with Gasteiger partial charge in [0.2, 0.25) is 5.91 Å². The molecule has 0 aliphatic carbocycles. The topological polar surface area (TPSA) is 97.1 Å². The van der Waals surface area contributed by atoms with E-state index in [1.54, 1.807) is 0 Å². The van der Waals surface area contributed by atoms with Crippen LogP contribution in [-0.2, 0) is 22.6 Å². The quantitative estimate of drug-likeness (QED) is 0.693. The molecule has 0 fully saturated rings. The van der Waals surface area contributed by atoms with Gasteiger partial charge in [-0.05, 0) is 13.8 Å². The number of nitrogens with zero attached hydrogens (tertiary/aromatic N) is 3. The van der Waals surface area contributed by atoms with E-state index >= 15 is 0 Å². The summed E-state index contributed by atoms with van der Waals surface area (Å²) >= 11 is 1.12. The highest BCUT2D eigenvalue weighted by Gasteiger charge is 2.14. The number of nitrogens with one attached hydrogen (secondary N) is 1. The fraction of sp³-hybridized carbons (Fsp3) is 0.667. The van der Waals surface area contributed by atoms with E-state index in [9.17, 15) is 9.59 Å². The molecule has 0 aromatic carbocycles. The SMILES string of the molecule is CCc1nnc(SCC(=O)O)n1CCC(=O)NC(C)C. The Labute approximate surface area is 122 Å². The van der Waals surface area contributed by atoms with E-state index in [1.165, 1.54) is 0 Å². The normalized spacial score (nSPS) is 10.8. The van der Waals surface area contributed by atoms with Crippen LogP contribution in [0.3, 0.4) is 0 Å². The highest BCUT2D eigenvalue weighted by atomic mass is 32.2. The number of carbonyl (C=O) groups excluding carboxylic acids is 1. The largest absolute Gasteiger partial charge is 0.481 e. The molecule has 0 saturated carbocycles. The van der Waals surface area contributed by atoms with E-state index < -0.39 is 5.97 Å². The lowest BCUT2D eigenvalue weighted by molar-refractivity contribution is -0.134. The zero-order valence-corrected chi connectivity index (χ0v) is 12.7. The maximum atomic E-state index is 11.7. The van der Waals surface area contributed by atoms with Crippen LogP contribution in [0.15, 0.2) is 5.16 Å². The Morgan fingerprint density at radius 2 is 2.10 bits per heavy atom. The molecule has 0 aliphatic heterocycles. The molecule has 8 heteroatoms. The molecule has 0 bridgehead atoms. The number of aromatic nitrogens is 3. The fourth-order valence-electron chi connectivity index (χ4n) is 1.65. The third kappa shape index (κ3) is 5.20. The summed E-state index contributed by atoms with van der Waals surface area (Å²) in [5.74, 6) is -0.250. The summed E-state index contributed by atoms with van der Waals surface area (Å²) in [5.41, 5.74) is 0. The van der Waals surface area contributed by atoms with Crippen molar-refractivity contribution in [3.63, 3.8) is 0 Å². The second-order valence-electron chi connectivity index (χ2n) is 4.56. The van der Waals surface area contributed by atoms with Crippen LogP contribution >= 0.6 is 11.8 Å². The van der Waals surface area contributed by atoms with Crippen LogP contribution in [0.2, 0.25) is 0 Å². The number of carbonyl (C=O) groups is 2. The van der Waals surface area contributed by atoms with Crippen molar-refractivity contribution in [1.29, 1.82) is 0 Å². The van der Waals surface area contributed by atoms with E-state index in [0.29, 0.717) is 24.5 Å². The highest BCUT2D eigenvalue weighted by molar-refractivity contribution is 7.99. The number of carboxylic acids is 1. The van der Waals surface area contributed by atoms with Gasteiger partial charge in [0, 0.05) is 25.4 Å². The summed E-state index contributed by atoms with van der Waals surface area (Å²) in [6, 6.07) is 0.106. The number of aryl methyl sites for hydroxylation is 1. The number of aliphatic carboxylic acids is 1. The van der Waals surface area contributed by atoms with E-state index in [2.05, 4.69) is 15.5 Å². The molecule has 1 rings (SSSR count). The smallest absolute Gasteiger partial charge is 0.313 e. The Bertz CT molecular complexity index is 473. The van der Waals surface area contributed by atoms with Crippen molar-refractivity contribution >= 4 is 23.6 Å². The first-order valence-corrected chi connectivity index (χ1v) is 7.48. The van der Waals surface area contributed by atoms with Gasteiger partial charge >= 0.3 is 5.97 Å². The van der Waals surface area contributed by atoms with Crippen LogP contribution in [0.4, 0.5) is 0 Å². The fourth-order valence-corrected chi connectivity index (χ4v) is 2.35. The molecule has 1 amide bonds. The zero-order chi connectivity index (χ0) is 15.1. The molecular formula is C12H20N4O3S. The third-order valence-electron chi connectivity index (χ3n) is 2.45. The first-order chi connectivity index (χ1) is 9.43. The molecule has 20 heavy (non-hydrogen) atoms. The number of hydrogen-bond donors (Lipinski definition) is 2. The zero-order valence-electron chi connectivity index (χ0n) is 11.9. The van der Waals surface area contributed by atoms with Crippen molar-refractivity contribution in [3.05, 3.63) is 5.82 Å². The highest BCUT2D eigenvalue weighted by Crippen LogP contribution is 2.17. The Morgan fingerprint density at radius 3 is 2.65 bits per heavy atom. The summed E-state index contributed by atoms with van der Waals surface area (Å²) in [7, 11) is 0. The van der Waals surface area contributed by atoms with Crippen LogP contribution < -0.4 is 5.32 Å². The molecule has 0 saturated heterocycles. The standard InChI is InChI=1S/C12H20N4O3S/c1-4-9-14-15-12(20-7-11(18)19)16(9)6-5-10(17)13-8(2)3/h8H,4-7H2,1-3H3,(H,13,17)(H,18,19). The van der Waals surface area contributed by atoms with Crippen LogP contribution in [0.1, 0.15) is 33.0 Å². The van der Waals surface area contributed by atoms with Crippen LogP contribution in [-0.4, -0.2) is 43.5 Å². The second kappa shape index (κ2) is 7.88. The van der Waals surface area contributed by atoms with Crippen LogP contribution in [0.25, 0.3) is 0 Å². The molecule has 112 valence electrons. The molecule has 1 heterocycles. The maximum absolute atomic E-state index is 11.7. The lowest BCUT2D eigenvalue weighted by atomic mass is 10.3. The molecule has 0 aliphatic rings. The van der Waals surface area contributed by atoms with E-state index in [4.69, 9.17) is 5.11 Å². The van der Waals surface area contributed by atoms with E-state index in [1.807, 2.05) is 25.3 Å². The molecular weight excluding hydrogens is 280 g/mol. The van der Waals surface area contributed by atoms with Gasteiger partial charge in [-0.15, -0.1) is 10.2 Å². The first-order valence-electron chi connectivity index (χ1n) is 6.50. The maximum Gasteiger partial charge on any atom is 0.313 e. The average molecular weight is 300 g/mol. The molecule has 0 spiro atoms. The second-order valence-corrected chi connectivity index (χ2v) is 5.50. The number of rotatable bonds is 8. The summed E-state index contributed by atoms with van der Waals surface area (Å²) in [6.07, 6.45) is 1.01. The minimum Gasteiger partial charge on any atom is -0.481 e. The summed E-state index contributed by atoms with van der Waals surface area (Å²) < 4.78 is 1.81. The lowest BCUT2D eigenvalue weighted by Gasteiger charge is -2.11. The molecule has 0 radical (unpaired) electrons. The predicted octanol–water partition coefficient (Wildman–Crippen LogP) is 0.932. The molecule has 0 atom stereocenters. The molecule has 1 aromatic rings. The van der Waals surface area contributed by atoms with Crippen molar-refractivity contribution in [1.82, 2.24) is 20.1 Å². The third-order valence-corrected chi connectivity index (χ3v) is 3.40. The van der Waals surface area contributed by atoms with Crippen molar-refractivity contribution in [2.45, 2.75) is 51.4 Å². The Balaban J connectivity index is 2.68. The van der Waals surface area contributed by atoms with Gasteiger partial charge in [-0.3, -0.25) is 9.59 Å². The monoisotopic (exact) mass is 300 g/mol. The molecule has 7 nitrogen and oxygen atoms in total. The minimum atomic E-state index is -0.903. The Morgan fingerprint density at radius 1 is 1.40 bits per heavy atom. The average Bonchev–Trinajstić information content (AvgIpc) is 2.75. The van der Waals surface area contributed by atoms with Gasteiger partial charge in [-0.2, -0.15) is 0 Å². The van der Waals surface area contributed by atoms with E-state index in [-0.39, 0.29) is 17.7 Å². The lowest BCUT2D eigenvalue weighted by Crippen LogP contribution is -2.30. The Hall–Kier alpha value is -1.57. The minimum absolute atomic E-state index is 0.0371. The predicted molar refractivity (Wildman–Crippen MR) is 75.7 cm³/mol. The van der Waals surface area contributed by atoms with Crippen molar-refractivity contribution in [3.8, 4) is 0 Å². The molecule has 0 unspecified atom stereocenters. The van der Waals surface area contributed by atoms with Gasteiger partial charge in [-0.25, -0.2) is 0 Å². The van der Waals surface area contributed by atoms with Gasteiger partial charge in [0.15, 0.2) is 5.16 Å². The summed E-state index contributed by atoms with van der Waals surface area (Å²) in [6.45, 7) is 6.21. The molecule has 2 N–H and O–H groups in total. The number of hydrogen-bond acceptors (Lipinski definition) is 5. The number of amides is 1. The van der Waals surface area contributed by atoms with Gasteiger partial charge in [-0.1, -0.05) is 18.7 Å². The number of thioether (sulfide) groups is 1. The van der Waals surface area contributed by atoms with Crippen molar-refractivity contribution in [2.75, 3.05) is 5.75 Å².